The Kier molecular flexibility index (Phi) is 3.70. The number of thiazole rings is 1. The van der Waals surface area contributed by atoms with Gasteiger partial charge in [0.25, 0.3) is 0 Å². The molecule has 2 atom stereocenters. The van der Waals surface area contributed by atoms with E-state index in [2.05, 4.69) is 15.2 Å². The van der Waals surface area contributed by atoms with Gasteiger partial charge < -0.3 is 10.4 Å². The van der Waals surface area contributed by atoms with E-state index >= 15 is 0 Å². The first-order chi connectivity index (χ1) is 9.22. The van der Waals surface area contributed by atoms with Gasteiger partial charge in [-0.3, -0.25) is 9.69 Å². The van der Waals surface area contributed by atoms with Crippen molar-refractivity contribution in [3.8, 4) is 0 Å². The molecule has 0 spiro atoms. The number of fused-ring (bicyclic) bond motifs is 1. The molecule has 2 fully saturated rings. The second kappa shape index (κ2) is 5.46. The van der Waals surface area contributed by atoms with Gasteiger partial charge in [-0.2, -0.15) is 0 Å². The minimum Gasteiger partial charge on any atom is -0.481 e. The van der Waals surface area contributed by atoms with Crippen LogP contribution < -0.4 is 5.32 Å². The molecule has 1 aromatic rings. The van der Waals surface area contributed by atoms with Gasteiger partial charge in [0.05, 0.1) is 12.1 Å². The average molecular weight is 281 g/mol. The van der Waals surface area contributed by atoms with E-state index in [0.717, 1.165) is 10.8 Å². The van der Waals surface area contributed by atoms with Crippen molar-refractivity contribution in [2.75, 3.05) is 18.4 Å². The summed E-state index contributed by atoms with van der Waals surface area (Å²) in [5.74, 6) is -0.764. The highest BCUT2D eigenvalue weighted by Crippen LogP contribution is 2.30. The van der Waals surface area contributed by atoms with Gasteiger partial charge in [0, 0.05) is 30.4 Å². The van der Waals surface area contributed by atoms with Crippen molar-refractivity contribution in [2.45, 2.75) is 44.2 Å². The molecule has 1 aromatic heterocycles. The van der Waals surface area contributed by atoms with E-state index in [-0.39, 0.29) is 6.42 Å². The third-order valence-corrected chi connectivity index (χ3v) is 4.88. The van der Waals surface area contributed by atoms with E-state index in [1.807, 2.05) is 5.38 Å². The lowest BCUT2D eigenvalue weighted by Gasteiger charge is -2.20. The first-order valence-corrected chi connectivity index (χ1v) is 7.77. The highest BCUT2D eigenvalue weighted by Gasteiger charge is 2.37. The Hall–Kier alpha value is -1.14. The lowest BCUT2D eigenvalue weighted by Crippen LogP contribution is -2.33. The number of anilines is 1. The third kappa shape index (κ3) is 2.90. The first kappa shape index (κ1) is 12.9. The SMILES string of the molecule is O=C(O)CCc1csc(NC2CCN3CCCC23)n1. The second-order valence-electron chi connectivity index (χ2n) is 5.32. The van der Waals surface area contributed by atoms with E-state index in [1.54, 1.807) is 11.3 Å². The molecular weight excluding hydrogens is 262 g/mol. The van der Waals surface area contributed by atoms with Crippen molar-refractivity contribution >= 4 is 22.4 Å². The largest absolute Gasteiger partial charge is 0.481 e. The van der Waals surface area contributed by atoms with Crippen molar-refractivity contribution in [2.24, 2.45) is 0 Å². The Morgan fingerprint density at radius 3 is 3.26 bits per heavy atom. The van der Waals surface area contributed by atoms with Crippen molar-refractivity contribution < 1.29 is 9.90 Å². The minimum absolute atomic E-state index is 0.156. The molecule has 0 amide bonds. The number of hydrogen-bond acceptors (Lipinski definition) is 5. The van der Waals surface area contributed by atoms with Gasteiger partial charge in [0.2, 0.25) is 0 Å². The quantitative estimate of drug-likeness (QED) is 0.861. The van der Waals surface area contributed by atoms with Crippen molar-refractivity contribution in [1.82, 2.24) is 9.88 Å². The molecule has 2 aliphatic rings. The number of carboxylic acids is 1. The Morgan fingerprint density at radius 1 is 1.53 bits per heavy atom. The van der Waals surface area contributed by atoms with Crippen LogP contribution in [-0.4, -0.2) is 46.1 Å². The highest BCUT2D eigenvalue weighted by atomic mass is 32.1. The van der Waals surface area contributed by atoms with Crippen molar-refractivity contribution in [3.63, 3.8) is 0 Å². The lowest BCUT2D eigenvalue weighted by atomic mass is 10.1. The molecule has 6 heteroatoms. The van der Waals surface area contributed by atoms with Crippen LogP contribution >= 0.6 is 11.3 Å². The summed E-state index contributed by atoms with van der Waals surface area (Å²) in [6, 6.07) is 1.19. The van der Waals surface area contributed by atoms with E-state index in [1.165, 1.54) is 32.4 Å². The van der Waals surface area contributed by atoms with Crippen LogP contribution in [0.25, 0.3) is 0 Å². The molecule has 0 saturated carbocycles. The van der Waals surface area contributed by atoms with Crippen LogP contribution in [0.1, 0.15) is 31.4 Å². The molecule has 2 aliphatic heterocycles. The molecule has 2 saturated heterocycles. The zero-order valence-electron chi connectivity index (χ0n) is 10.8. The Morgan fingerprint density at radius 2 is 2.42 bits per heavy atom. The number of carboxylic acid groups (broad SMARTS) is 1. The number of carbonyl (C=O) groups is 1. The summed E-state index contributed by atoms with van der Waals surface area (Å²) in [4.78, 5) is 17.6. The molecule has 19 heavy (non-hydrogen) atoms. The molecule has 0 aromatic carbocycles. The molecule has 3 heterocycles. The fourth-order valence-corrected chi connectivity index (χ4v) is 3.94. The van der Waals surface area contributed by atoms with Crippen LogP contribution in [0.4, 0.5) is 5.13 Å². The number of aromatic nitrogens is 1. The van der Waals surface area contributed by atoms with Gasteiger partial charge in [-0.1, -0.05) is 0 Å². The zero-order valence-corrected chi connectivity index (χ0v) is 11.7. The zero-order chi connectivity index (χ0) is 13.2. The van der Waals surface area contributed by atoms with Gasteiger partial charge in [-0.25, -0.2) is 4.98 Å². The minimum atomic E-state index is -0.764. The maximum absolute atomic E-state index is 10.5. The second-order valence-corrected chi connectivity index (χ2v) is 6.18. The van der Waals surface area contributed by atoms with E-state index in [0.29, 0.717) is 18.5 Å². The number of nitrogens with one attached hydrogen (secondary N) is 1. The molecular formula is C13H19N3O2S. The maximum Gasteiger partial charge on any atom is 0.303 e. The summed E-state index contributed by atoms with van der Waals surface area (Å²) in [7, 11) is 0. The summed E-state index contributed by atoms with van der Waals surface area (Å²) < 4.78 is 0. The van der Waals surface area contributed by atoms with Crippen LogP contribution in [-0.2, 0) is 11.2 Å². The molecule has 0 bridgehead atoms. The molecule has 0 aliphatic carbocycles. The number of rotatable bonds is 5. The molecule has 5 nitrogen and oxygen atoms in total. The van der Waals surface area contributed by atoms with Gasteiger partial charge in [0.1, 0.15) is 0 Å². The predicted molar refractivity (Wildman–Crippen MR) is 74.7 cm³/mol. The van der Waals surface area contributed by atoms with Crippen molar-refractivity contribution in [3.05, 3.63) is 11.1 Å². The highest BCUT2D eigenvalue weighted by molar-refractivity contribution is 7.13. The average Bonchev–Trinajstić information content (AvgIpc) is 3.05. The summed E-state index contributed by atoms with van der Waals surface area (Å²) in [6.07, 6.45) is 4.46. The van der Waals surface area contributed by atoms with Crippen LogP contribution in [0.2, 0.25) is 0 Å². The van der Waals surface area contributed by atoms with E-state index in [4.69, 9.17) is 5.11 Å². The predicted octanol–water partition coefficient (Wildman–Crippen LogP) is 1.81. The van der Waals surface area contributed by atoms with Crippen molar-refractivity contribution in [1.29, 1.82) is 0 Å². The lowest BCUT2D eigenvalue weighted by molar-refractivity contribution is -0.136. The summed E-state index contributed by atoms with van der Waals surface area (Å²) in [5.41, 5.74) is 0.885. The van der Waals surface area contributed by atoms with E-state index in [9.17, 15) is 4.79 Å². The van der Waals surface area contributed by atoms with Gasteiger partial charge >= 0.3 is 5.97 Å². The van der Waals surface area contributed by atoms with Crippen LogP contribution in [0.5, 0.6) is 0 Å². The number of hydrogen-bond donors (Lipinski definition) is 2. The fourth-order valence-electron chi connectivity index (χ4n) is 3.13. The van der Waals surface area contributed by atoms with Crippen LogP contribution in [0.3, 0.4) is 0 Å². The monoisotopic (exact) mass is 281 g/mol. The Balaban J connectivity index is 1.56. The molecule has 3 rings (SSSR count). The molecule has 0 radical (unpaired) electrons. The molecule has 104 valence electrons. The van der Waals surface area contributed by atoms with E-state index < -0.39 is 5.97 Å². The summed E-state index contributed by atoms with van der Waals surface area (Å²) in [5, 5.41) is 15.1. The molecule has 2 unspecified atom stereocenters. The van der Waals surface area contributed by atoms with Gasteiger partial charge in [-0.05, 0) is 25.8 Å². The number of nitrogens with zero attached hydrogens (tertiary/aromatic N) is 2. The Labute approximate surface area is 116 Å². The fraction of sp³-hybridized carbons (Fsp3) is 0.692. The summed E-state index contributed by atoms with van der Waals surface area (Å²) in [6.45, 7) is 2.43. The van der Waals surface area contributed by atoms with Crippen LogP contribution in [0.15, 0.2) is 5.38 Å². The van der Waals surface area contributed by atoms with Gasteiger partial charge in [0.15, 0.2) is 5.13 Å². The summed E-state index contributed by atoms with van der Waals surface area (Å²) >= 11 is 1.59. The maximum atomic E-state index is 10.5. The first-order valence-electron chi connectivity index (χ1n) is 6.89. The van der Waals surface area contributed by atoms with Crippen LogP contribution in [0, 0.1) is 0 Å². The Bertz CT molecular complexity index is 462. The normalized spacial score (nSPS) is 26.5. The van der Waals surface area contributed by atoms with Gasteiger partial charge in [-0.15, -0.1) is 11.3 Å². The topological polar surface area (TPSA) is 65.5 Å². The number of aliphatic carboxylic acids is 1. The smallest absolute Gasteiger partial charge is 0.303 e. The number of aryl methyl sites for hydroxylation is 1. The third-order valence-electron chi connectivity index (χ3n) is 4.06. The standard InChI is InChI=1S/C13H19N3O2S/c17-12(18)4-3-9-8-19-13(14-9)15-10-5-7-16-6-1-2-11(10)16/h8,10-11H,1-7H2,(H,14,15)(H,17,18). The molecule has 2 N–H and O–H groups in total.